The molecule has 8 aromatic heterocycles. The number of nitrogens with zero attached hydrogens (tertiary/aromatic N) is 8. The van der Waals surface area contributed by atoms with Gasteiger partial charge in [0.2, 0.25) is 0 Å². The zero-order valence-corrected chi connectivity index (χ0v) is 65.1. The van der Waals surface area contributed by atoms with Crippen molar-refractivity contribution in [1.82, 2.24) is 37.5 Å². The van der Waals surface area contributed by atoms with Crippen LogP contribution in [0.1, 0.15) is 0 Å². The molecular formula is C96H52Br4N8O4. The first-order valence-electron chi connectivity index (χ1n) is 36.3. The van der Waals surface area contributed by atoms with E-state index in [1.54, 1.807) is 17.6 Å². The lowest BCUT2D eigenvalue weighted by molar-refractivity contribution is 1.19. The van der Waals surface area contributed by atoms with Crippen LogP contribution in [0.4, 0.5) is 0 Å². The first-order valence-corrected chi connectivity index (χ1v) is 39.4. The summed E-state index contributed by atoms with van der Waals surface area (Å²) in [6, 6.07) is 105. The molecule has 0 unspecified atom stereocenters. The zero-order valence-electron chi connectivity index (χ0n) is 58.7. The van der Waals surface area contributed by atoms with Crippen molar-refractivity contribution in [2.75, 3.05) is 0 Å². The van der Waals surface area contributed by atoms with Crippen molar-refractivity contribution in [2.24, 2.45) is 0 Å². The van der Waals surface area contributed by atoms with E-state index < -0.39 is 0 Å². The summed E-state index contributed by atoms with van der Waals surface area (Å²) >= 11 is 14.4. The van der Waals surface area contributed by atoms with Gasteiger partial charge in [-0.2, -0.15) is 0 Å². The molecule has 0 amide bonds. The number of rotatable bonds is 4. The van der Waals surface area contributed by atoms with Crippen molar-refractivity contribution in [3.63, 3.8) is 0 Å². The van der Waals surface area contributed by atoms with Crippen molar-refractivity contribution in [1.29, 1.82) is 0 Å². The number of fused-ring (bicyclic) bond motifs is 16. The third-order valence-corrected chi connectivity index (χ3v) is 24.5. The summed E-state index contributed by atoms with van der Waals surface area (Å²) in [5, 5.41) is 14.8. The van der Waals surface area contributed by atoms with Gasteiger partial charge in [0, 0.05) is 82.5 Å². The standard InChI is InChI=1S/4C24H13BrN2O/c25-19-11-10-17-22-16(19)7-4-8-18(22)24(28)27-21-12-9-15(13-20(21)26-23(17)27)14-5-2-1-3-6-14;25-19-11-10-17-22-16(19)7-4-8-18(22)24(28)27-21-13-15(14-5-2-1-3-6-14)9-12-20(21)26-23(17)27;25-19-11-10-18-22-16(19)7-4-8-17(22)23-26-20-13-15(14-5-2-1-3-6-14)9-12-21(20)27(23)24(18)28;25-19-11-10-18-22-16(19)7-4-8-17(22)23-26-20-12-9-15(14-5-2-1-3-6-14)13-21(20)27(23)24(18)28/h4*1-13H. The van der Waals surface area contributed by atoms with E-state index in [0.717, 1.165) is 171 Å². The Morgan fingerprint density at radius 2 is 0.429 bits per heavy atom. The van der Waals surface area contributed by atoms with E-state index in [2.05, 4.69) is 161 Å². The maximum Gasteiger partial charge on any atom is 0.264 e. The van der Waals surface area contributed by atoms with Gasteiger partial charge < -0.3 is 0 Å². The van der Waals surface area contributed by atoms with Crippen LogP contribution >= 0.6 is 63.7 Å². The van der Waals surface area contributed by atoms with Crippen molar-refractivity contribution in [3.8, 4) is 44.5 Å². The monoisotopic (exact) mass is 1700 g/mol. The zero-order chi connectivity index (χ0) is 75.3. The minimum Gasteiger partial charge on any atom is -0.268 e. The van der Waals surface area contributed by atoms with Gasteiger partial charge in [-0.05, 0) is 175 Å². The van der Waals surface area contributed by atoms with Crippen molar-refractivity contribution in [2.45, 2.75) is 0 Å². The molecule has 112 heavy (non-hydrogen) atoms. The Hall–Kier alpha value is -13.0. The summed E-state index contributed by atoms with van der Waals surface area (Å²) in [6.07, 6.45) is 0. The molecule has 0 saturated carbocycles. The van der Waals surface area contributed by atoms with E-state index in [-0.39, 0.29) is 22.2 Å². The molecule has 0 fully saturated rings. The fourth-order valence-electron chi connectivity index (χ4n) is 16.5. The molecule has 0 spiro atoms. The second-order valence-corrected chi connectivity index (χ2v) is 31.3. The fraction of sp³-hybridized carbons (Fsp3) is 0. The Balaban J connectivity index is 0.0000000943. The van der Waals surface area contributed by atoms with Gasteiger partial charge in [-0.25, -0.2) is 19.9 Å². The highest BCUT2D eigenvalue weighted by Crippen LogP contribution is 2.41. The van der Waals surface area contributed by atoms with E-state index in [1.165, 1.54) is 0 Å². The van der Waals surface area contributed by atoms with Crippen molar-refractivity contribution >= 4 is 217 Å². The number of benzene rings is 16. The number of hydrogen-bond donors (Lipinski definition) is 0. The van der Waals surface area contributed by atoms with Gasteiger partial charge in [0.05, 0.1) is 44.1 Å². The first-order chi connectivity index (χ1) is 54.9. The molecule has 0 atom stereocenters. The molecule has 0 N–H and O–H groups in total. The lowest BCUT2D eigenvalue weighted by Gasteiger charge is -2.08. The van der Waals surface area contributed by atoms with E-state index in [0.29, 0.717) is 44.1 Å². The topological polar surface area (TPSA) is 137 Å². The van der Waals surface area contributed by atoms with Crippen molar-refractivity contribution < 1.29 is 0 Å². The van der Waals surface area contributed by atoms with Gasteiger partial charge in [-0.3, -0.25) is 36.8 Å². The summed E-state index contributed by atoms with van der Waals surface area (Å²) in [7, 11) is 0. The maximum absolute atomic E-state index is 13.4. The maximum atomic E-state index is 13.4. The Morgan fingerprint density at radius 1 is 0.188 bits per heavy atom. The minimum atomic E-state index is -0.0288. The van der Waals surface area contributed by atoms with Gasteiger partial charge in [0.15, 0.2) is 0 Å². The normalized spacial score (nSPS) is 11.9. The number of hydrogen-bond acceptors (Lipinski definition) is 8. The molecule has 0 bridgehead atoms. The van der Waals surface area contributed by atoms with Gasteiger partial charge in [-0.15, -0.1) is 0 Å². The molecule has 24 rings (SSSR count). The summed E-state index contributed by atoms with van der Waals surface area (Å²) in [4.78, 5) is 72.9. The van der Waals surface area contributed by atoms with Gasteiger partial charge in [0.25, 0.3) is 22.2 Å². The fourth-order valence-corrected chi connectivity index (χ4v) is 18.4. The van der Waals surface area contributed by atoms with E-state index in [1.807, 2.05) is 218 Å². The van der Waals surface area contributed by atoms with E-state index in [4.69, 9.17) is 19.9 Å². The average Bonchev–Trinajstić information content (AvgIpc) is 1.54. The Labute approximate surface area is 667 Å². The van der Waals surface area contributed by atoms with Crippen LogP contribution in [0.5, 0.6) is 0 Å². The van der Waals surface area contributed by atoms with Gasteiger partial charge >= 0.3 is 0 Å². The Bertz CT molecular complexity index is 7800. The highest BCUT2D eigenvalue weighted by molar-refractivity contribution is 9.11. The highest BCUT2D eigenvalue weighted by Gasteiger charge is 2.23. The minimum absolute atomic E-state index is 0.0267. The lowest BCUT2D eigenvalue weighted by Crippen LogP contribution is -2.13. The molecule has 528 valence electrons. The van der Waals surface area contributed by atoms with Crippen LogP contribution in [0.25, 0.3) is 197 Å². The summed E-state index contributed by atoms with van der Waals surface area (Å²) in [6.45, 7) is 0. The molecule has 0 aliphatic rings. The molecule has 8 heterocycles. The highest BCUT2D eigenvalue weighted by atomic mass is 79.9. The molecule has 24 aromatic rings. The van der Waals surface area contributed by atoms with Crippen LogP contribution in [0.2, 0.25) is 0 Å². The summed E-state index contributed by atoms with van der Waals surface area (Å²) < 4.78 is 10.9. The quantitative estimate of drug-likeness (QED) is 0.170. The summed E-state index contributed by atoms with van der Waals surface area (Å²) in [5.41, 5.74) is 18.2. The molecular weight excluding hydrogens is 1650 g/mol. The van der Waals surface area contributed by atoms with Crippen LogP contribution in [0, 0.1) is 0 Å². The predicted molar refractivity (Wildman–Crippen MR) is 473 cm³/mol. The molecule has 16 heteroatoms. The second-order valence-electron chi connectivity index (χ2n) is 27.9. The number of imidazole rings is 4. The van der Waals surface area contributed by atoms with Crippen LogP contribution in [0.3, 0.4) is 0 Å². The third kappa shape index (κ3) is 10.6. The molecule has 0 aliphatic heterocycles. The second kappa shape index (κ2) is 26.4. The molecule has 0 aliphatic carbocycles. The summed E-state index contributed by atoms with van der Waals surface area (Å²) in [5.74, 6) is 0. The Kier molecular flexibility index (Phi) is 15.8. The van der Waals surface area contributed by atoms with Crippen LogP contribution in [-0.4, -0.2) is 37.5 Å². The lowest BCUT2D eigenvalue weighted by atomic mass is 10.0. The van der Waals surface area contributed by atoms with E-state index >= 15 is 0 Å². The van der Waals surface area contributed by atoms with Crippen LogP contribution in [-0.2, 0) is 0 Å². The first kappa shape index (κ1) is 67.2. The largest absolute Gasteiger partial charge is 0.268 e. The number of halogens is 4. The SMILES string of the molecule is O=c1c2ccc(Br)c3cccc(c32)c2nc3cc(-c4ccccc4)ccc3n12.O=c1c2ccc(Br)c3cccc(c32)c2nc3ccc(-c4ccccc4)cc3n12.O=c1c2cccc3c(Br)ccc(c32)c2nc3cc(-c4ccccc4)ccc3n12.O=c1c2cccc3c(Br)ccc(c32)c2nc3ccc(-c4ccccc4)cc3n12. The van der Waals surface area contributed by atoms with E-state index in [9.17, 15) is 19.2 Å². The van der Waals surface area contributed by atoms with Crippen molar-refractivity contribution in [3.05, 3.63) is 375 Å². The molecule has 0 radical (unpaired) electrons. The van der Waals surface area contributed by atoms with Crippen LogP contribution < -0.4 is 22.2 Å². The molecule has 0 saturated heterocycles. The Morgan fingerprint density at radius 3 is 0.750 bits per heavy atom. The third-order valence-electron chi connectivity index (χ3n) is 21.7. The predicted octanol–water partition coefficient (Wildman–Crippen LogP) is 24.1. The number of pyridine rings is 4. The van der Waals surface area contributed by atoms with Gasteiger partial charge in [-0.1, -0.05) is 270 Å². The molecule has 12 nitrogen and oxygen atoms in total. The smallest absolute Gasteiger partial charge is 0.264 e. The number of aromatic nitrogens is 8. The average molecular weight is 1700 g/mol. The van der Waals surface area contributed by atoms with Gasteiger partial charge in [0.1, 0.15) is 22.6 Å². The molecule has 16 aromatic carbocycles. The van der Waals surface area contributed by atoms with Crippen LogP contribution in [0.15, 0.2) is 353 Å².